The van der Waals surface area contributed by atoms with E-state index in [4.69, 9.17) is 4.74 Å². The lowest BCUT2D eigenvalue weighted by molar-refractivity contribution is -0.118. The van der Waals surface area contributed by atoms with E-state index < -0.39 is 0 Å². The maximum absolute atomic E-state index is 12.1. The molecule has 0 spiro atoms. The zero-order chi connectivity index (χ0) is 16.8. The van der Waals surface area contributed by atoms with Crippen molar-refractivity contribution in [2.24, 2.45) is 0 Å². The topological polar surface area (TPSA) is 66.5 Å². The molecule has 2 N–H and O–H groups in total. The Morgan fingerprint density at radius 2 is 2.00 bits per heavy atom. The zero-order valence-corrected chi connectivity index (χ0v) is 14.5. The van der Waals surface area contributed by atoms with E-state index in [-0.39, 0.29) is 11.9 Å². The van der Waals surface area contributed by atoms with Crippen LogP contribution < -0.4 is 10.6 Å². The monoisotopic (exact) mass is 346 g/mol. The molecule has 7 heteroatoms. The predicted octanol–water partition coefficient (Wildman–Crippen LogP) is 2.59. The van der Waals surface area contributed by atoms with E-state index in [1.165, 1.54) is 0 Å². The molecule has 0 aliphatic carbocycles. The average Bonchev–Trinajstić information content (AvgIpc) is 3.12. The summed E-state index contributed by atoms with van der Waals surface area (Å²) in [6.07, 6.45) is 1.81. The number of carbonyl (C=O) groups excluding carboxylic acids is 1. The van der Waals surface area contributed by atoms with Crippen LogP contribution in [0.15, 0.2) is 35.8 Å². The van der Waals surface area contributed by atoms with Gasteiger partial charge >= 0.3 is 0 Å². The Kier molecular flexibility index (Phi) is 5.79. The molecule has 1 aliphatic rings. The van der Waals surface area contributed by atoms with E-state index >= 15 is 0 Å². The summed E-state index contributed by atoms with van der Waals surface area (Å²) in [7, 11) is 0. The smallest absolute Gasteiger partial charge is 0.238 e. The fourth-order valence-corrected chi connectivity index (χ4v) is 3.22. The molecule has 1 fully saturated rings. The maximum atomic E-state index is 12.1. The predicted molar refractivity (Wildman–Crippen MR) is 96.5 cm³/mol. The molecule has 3 rings (SSSR count). The number of hydrogen-bond acceptors (Lipinski definition) is 6. The molecular weight excluding hydrogens is 324 g/mol. The minimum atomic E-state index is 0.00811. The second kappa shape index (κ2) is 8.23. The number of carbonyl (C=O) groups is 1. The third kappa shape index (κ3) is 4.77. The Morgan fingerprint density at radius 3 is 2.67 bits per heavy atom. The number of thiazole rings is 1. The van der Waals surface area contributed by atoms with Crippen molar-refractivity contribution in [3.63, 3.8) is 0 Å². The van der Waals surface area contributed by atoms with E-state index in [0.717, 1.165) is 29.5 Å². The molecule has 1 aliphatic heterocycles. The van der Waals surface area contributed by atoms with Gasteiger partial charge in [-0.15, -0.1) is 11.3 Å². The second-order valence-corrected chi connectivity index (χ2v) is 6.68. The van der Waals surface area contributed by atoms with Crippen molar-refractivity contribution in [3.05, 3.63) is 40.8 Å². The summed E-state index contributed by atoms with van der Waals surface area (Å²) in [5, 5.41) is 9.37. The fourth-order valence-electron chi connectivity index (χ4n) is 2.57. The highest BCUT2D eigenvalue weighted by Gasteiger charge is 2.14. The van der Waals surface area contributed by atoms with E-state index in [0.29, 0.717) is 19.8 Å². The lowest BCUT2D eigenvalue weighted by Gasteiger charge is -2.25. The van der Waals surface area contributed by atoms with Crippen LogP contribution in [0, 0.1) is 0 Å². The number of morpholine rings is 1. The summed E-state index contributed by atoms with van der Waals surface area (Å²) >= 11 is 1.63. The number of anilines is 2. The summed E-state index contributed by atoms with van der Waals surface area (Å²) in [5.41, 5.74) is 1.81. The third-order valence-corrected chi connectivity index (χ3v) is 4.80. The number of hydrogen-bond donors (Lipinski definition) is 2. The van der Waals surface area contributed by atoms with Crippen molar-refractivity contribution in [1.29, 1.82) is 0 Å². The van der Waals surface area contributed by atoms with Crippen LogP contribution >= 0.6 is 11.3 Å². The van der Waals surface area contributed by atoms with Gasteiger partial charge in [0.2, 0.25) is 5.91 Å². The van der Waals surface area contributed by atoms with Crippen molar-refractivity contribution in [2.45, 2.75) is 13.0 Å². The number of nitrogens with one attached hydrogen (secondary N) is 2. The number of benzene rings is 1. The Bertz CT molecular complexity index is 639. The van der Waals surface area contributed by atoms with Crippen LogP contribution in [0.2, 0.25) is 0 Å². The van der Waals surface area contributed by atoms with Gasteiger partial charge in [0, 0.05) is 36.0 Å². The number of rotatable bonds is 6. The minimum Gasteiger partial charge on any atom is -0.379 e. The standard InChI is InChI=1S/C17H22N4O2S/c1-13(17-18-6-11-24-17)19-14-2-4-15(5-3-14)20-16(22)12-21-7-9-23-10-8-21/h2-6,11,13,19H,7-10,12H2,1H3,(H,20,22)/t13-/m0/s1. The Morgan fingerprint density at radius 1 is 1.29 bits per heavy atom. The van der Waals surface area contributed by atoms with E-state index in [1.807, 2.05) is 35.8 Å². The van der Waals surface area contributed by atoms with Gasteiger partial charge in [-0.1, -0.05) is 0 Å². The molecule has 1 amide bonds. The molecule has 1 saturated heterocycles. The molecule has 0 bridgehead atoms. The first-order valence-electron chi connectivity index (χ1n) is 8.06. The first-order valence-corrected chi connectivity index (χ1v) is 8.94. The molecular formula is C17H22N4O2S. The van der Waals surface area contributed by atoms with E-state index in [9.17, 15) is 4.79 Å². The van der Waals surface area contributed by atoms with Gasteiger partial charge in [-0.3, -0.25) is 9.69 Å². The van der Waals surface area contributed by atoms with Gasteiger partial charge in [-0.25, -0.2) is 4.98 Å². The summed E-state index contributed by atoms with van der Waals surface area (Å²) in [6.45, 7) is 5.51. The number of amides is 1. The molecule has 0 saturated carbocycles. The van der Waals surface area contributed by atoms with Crippen LogP contribution in [0.3, 0.4) is 0 Å². The normalized spacial score (nSPS) is 16.5. The molecule has 2 aromatic rings. The summed E-state index contributed by atoms with van der Waals surface area (Å²) in [6, 6.07) is 7.91. The van der Waals surface area contributed by atoms with Crippen LogP contribution in [0.4, 0.5) is 11.4 Å². The number of ether oxygens (including phenoxy) is 1. The van der Waals surface area contributed by atoms with Crippen molar-refractivity contribution in [2.75, 3.05) is 43.5 Å². The highest BCUT2D eigenvalue weighted by molar-refractivity contribution is 7.09. The molecule has 1 aromatic heterocycles. The van der Waals surface area contributed by atoms with Crippen LogP contribution in [0.25, 0.3) is 0 Å². The number of nitrogens with zero attached hydrogens (tertiary/aromatic N) is 2. The first kappa shape index (κ1) is 16.9. The maximum Gasteiger partial charge on any atom is 0.238 e. The summed E-state index contributed by atoms with van der Waals surface area (Å²) in [5.74, 6) is 0.00811. The highest BCUT2D eigenvalue weighted by atomic mass is 32.1. The van der Waals surface area contributed by atoms with Gasteiger partial charge in [-0.2, -0.15) is 0 Å². The highest BCUT2D eigenvalue weighted by Crippen LogP contribution is 2.22. The van der Waals surface area contributed by atoms with E-state index in [1.54, 1.807) is 11.3 Å². The van der Waals surface area contributed by atoms with Gasteiger partial charge in [0.25, 0.3) is 0 Å². The lowest BCUT2D eigenvalue weighted by atomic mass is 10.2. The third-order valence-electron chi connectivity index (χ3n) is 3.84. The Balaban J connectivity index is 1.49. The summed E-state index contributed by atoms with van der Waals surface area (Å²) < 4.78 is 5.29. The molecule has 6 nitrogen and oxygen atoms in total. The van der Waals surface area contributed by atoms with Crippen molar-refractivity contribution in [1.82, 2.24) is 9.88 Å². The van der Waals surface area contributed by atoms with Crippen LogP contribution in [0.1, 0.15) is 18.0 Å². The molecule has 24 heavy (non-hydrogen) atoms. The minimum absolute atomic E-state index is 0.00811. The molecule has 0 unspecified atom stereocenters. The Hall–Kier alpha value is -1.96. The molecule has 1 atom stereocenters. The largest absolute Gasteiger partial charge is 0.379 e. The molecule has 1 aromatic carbocycles. The molecule has 2 heterocycles. The molecule has 0 radical (unpaired) electrons. The second-order valence-electron chi connectivity index (χ2n) is 5.75. The summed E-state index contributed by atoms with van der Waals surface area (Å²) in [4.78, 5) is 18.5. The van der Waals surface area contributed by atoms with Crippen molar-refractivity contribution in [3.8, 4) is 0 Å². The fraction of sp³-hybridized carbons (Fsp3) is 0.412. The van der Waals surface area contributed by atoms with E-state index in [2.05, 4.69) is 27.4 Å². The SMILES string of the molecule is C[C@H](Nc1ccc(NC(=O)CN2CCOCC2)cc1)c1nccs1. The van der Waals surface area contributed by atoms with Crippen molar-refractivity contribution < 1.29 is 9.53 Å². The van der Waals surface area contributed by atoms with Gasteiger partial charge in [0.1, 0.15) is 5.01 Å². The van der Waals surface area contributed by atoms with Crippen LogP contribution in [-0.4, -0.2) is 48.6 Å². The average molecular weight is 346 g/mol. The lowest BCUT2D eigenvalue weighted by Crippen LogP contribution is -2.41. The zero-order valence-electron chi connectivity index (χ0n) is 13.7. The number of aromatic nitrogens is 1. The molecule has 128 valence electrons. The van der Waals surface area contributed by atoms with Crippen molar-refractivity contribution >= 4 is 28.6 Å². The first-order chi connectivity index (χ1) is 11.7. The van der Waals surface area contributed by atoms with Crippen LogP contribution in [0.5, 0.6) is 0 Å². The van der Waals surface area contributed by atoms with Gasteiger partial charge < -0.3 is 15.4 Å². The quantitative estimate of drug-likeness (QED) is 0.842. The van der Waals surface area contributed by atoms with Gasteiger partial charge in [0.15, 0.2) is 0 Å². The van der Waals surface area contributed by atoms with Gasteiger partial charge in [0.05, 0.1) is 25.8 Å². The van der Waals surface area contributed by atoms with Gasteiger partial charge in [-0.05, 0) is 31.2 Å². The van der Waals surface area contributed by atoms with Crippen LogP contribution in [-0.2, 0) is 9.53 Å². The Labute approximate surface area is 145 Å².